The molecule has 1 aliphatic heterocycles. The fourth-order valence-electron chi connectivity index (χ4n) is 6.69. The Kier molecular flexibility index (Phi) is 10.9. The summed E-state index contributed by atoms with van der Waals surface area (Å²) in [5.74, 6) is 0.119. The van der Waals surface area contributed by atoms with Crippen LogP contribution in [0.2, 0.25) is 0 Å². The maximum Gasteiger partial charge on any atom is 0.573 e. The largest absolute Gasteiger partial charge is 0.573 e. The highest BCUT2D eigenvalue weighted by atomic mass is 32.1. The number of thiazole rings is 1. The van der Waals surface area contributed by atoms with E-state index in [-0.39, 0.29) is 46.8 Å². The number of benzene rings is 2. The van der Waals surface area contributed by atoms with Gasteiger partial charge in [0.15, 0.2) is 10.9 Å². The number of alkyl halides is 3. The van der Waals surface area contributed by atoms with Crippen LogP contribution >= 0.6 is 11.3 Å². The summed E-state index contributed by atoms with van der Waals surface area (Å²) < 4.78 is 66.1. The molecule has 3 atom stereocenters. The molecule has 47 heavy (non-hydrogen) atoms. The lowest BCUT2D eigenvalue weighted by Crippen LogP contribution is -2.29. The van der Waals surface area contributed by atoms with Crippen molar-refractivity contribution < 1.29 is 42.0 Å². The molecule has 254 valence electrons. The molecular formula is C35H40F4N2O5S. The van der Waals surface area contributed by atoms with Gasteiger partial charge < -0.3 is 24.6 Å². The Balaban J connectivity index is 0.00000213. The highest BCUT2D eigenvalue weighted by molar-refractivity contribution is 7.22. The summed E-state index contributed by atoms with van der Waals surface area (Å²) in [6, 6.07) is 8.94. The summed E-state index contributed by atoms with van der Waals surface area (Å²) in [5.41, 5.74) is 2.75. The fraction of sp³-hybridized carbons (Fsp3) is 0.486. The summed E-state index contributed by atoms with van der Waals surface area (Å²) in [5, 5.41) is 19.1. The van der Waals surface area contributed by atoms with Gasteiger partial charge in [-0.1, -0.05) is 42.0 Å². The van der Waals surface area contributed by atoms with Gasteiger partial charge in [-0.05, 0) is 81.1 Å². The van der Waals surface area contributed by atoms with Gasteiger partial charge in [-0.2, -0.15) is 0 Å². The van der Waals surface area contributed by atoms with Gasteiger partial charge in [-0.3, -0.25) is 4.79 Å². The first kappa shape index (κ1) is 34.8. The van der Waals surface area contributed by atoms with E-state index in [1.54, 1.807) is 18.2 Å². The molecule has 0 bridgehead atoms. The molecule has 3 aromatic rings. The third kappa shape index (κ3) is 7.98. The lowest BCUT2D eigenvalue weighted by Gasteiger charge is -2.31. The number of aliphatic hydroxyl groups excluding tert-OH is 2. The maximum absolute atomic E-state index is 14.5. The number of aliphatic hydroxyl groups is 2. The predicted molar refractivity (Wildman–Crippen MR) is 174 cm³/mol. The Morgan fingerprint density at radius 1 is 1.11 bits per heavy atom. The van der Waals surface area contributed by atoms with E-state index < -0.39 is 12.2 Å². The second-order valence-corrected chi connectivity index (χ2v) is 13.3. The molecule has 2 heterocycles. The molecule has 12 heteroatoms. The van der Waals surface area contributed by atoms with Gasteiger partial charge in [0.2, 0.25) is 0 Å². The molecule has 2 aliphatic carbocycles. The summed E-state index contributed by atoms with van der Waals surface area (Å²) in [7, 11) is 1.00. The van der Waals surface area contributed by atoms with E-state index in [2.05, 4.69) is 14.6 Å². The molecule has 2 saturated carbocycles. The smallest absolute Gasteiger partial charge is 0.512 e. The number of rotatable bonds is 10. The van der Waals surface area contributed by atoms with Gasteiger partial charge in [0.1, 0.15) is 23.3 Å². The molecule has 3 aliphatic rings. The first-order valence-corrected chi connectivity index (χ1v) is 16.7. The predicted octanol–water partition coefficient (Wildman–Crippen LogP) is 8.48. The third-order valence-corrected chi connectivity index (χ3v) is 10.3. The van der Waals surface area contributed by atoms with Crippen molar-refractivity contribution in [1.29, 1.82) is 0 Å². The molecule has 6 rings (SSSR count). The summed E-state index contributed by atoms with van der Waals surface area (Å²) >= 11 is 1.39. The van der Waals surface area contributed by atoms with Crippen molar-refractivity contribution >= 4 is 38.5 Å². The van der Waals surface area contributed by atoms with Crippen molar-refractivity contribution in [2.45, 2.75) is 64.8 Å². The van der Waals surface area contributed by atoms with Crippen molar-refractivity contribution in [3.8, 4) is 5.75 Å². The molecule has 1 aromatic heterocycles. The molecule has 0 amide bonds. The zero-order valence-corrected chi connectivity index (χ0v) is 27.5. The minimum atomic E-state index is -4.86. The maximum atomic E-state index is 14.5. The van der Waals surface area contributed by atoms with Gasteiger partial charge >= 0.3 is 6.36 Å². The van der Waals surface area contributed by atoms with Crippen LogP contribution in [0.3, 0.4) is 0 Å². The number of fused-ring (bicyclic) bond motifs is 2. The summed E-state index contributed by atoms with van der Waals surface area (Å²) in [6.07, 6.45) is 0.477. The van der Waals surface area contributed by atoms with Crippen LogP contribution in [-0.2, 0) is 4.74 Å². The van der Waals surface area contributed by atoms with Gasteiger partial charge in [0, 0.05) is 42.8 Å². The number of ether oxygens (including phenoxy) is 2. The Morgan fingerprint density at radius 3 is 2.51 bits per heavy atom. The number of allylic oxidation sites excluding steroid dienone is 2. The number of aromatic nitrogens is 1. The van der Waals surface area contributed by atoms with Crippen LogP contribution in [0.1, 0.15) is 68.3 Å². The van der Waals surface area contributed by atoms with Gasteiger partial charge in [-0.15, -0.1) is 13.2 Å². The summed E-state index contributed by atoms with van der Waals surface area (Å²) in [6.45, 7) is 5.45. The Labute approximate surface area is 275 Å². The van der Waals surface area contributed by atoms with Gasteiger partial charge in [0.05, 0.1) is 17.4 Å². The van der Waals surface area contributed by atoms with Crippen LogP contribution in [0, 0.1) is 23.6 Å². The molecule has 0 radical (unpaired) electrons. The first-order chi connectivity index (χ1) is 22.5. The number of carbonyl (C=O) groups is 1. The van der Waals surface area contributed by atoms with Crippen LogP contribution in [0.25, 0.3) is 15.8 Å². The van der Waals surface area contributed by atoms with E-state index >= 15 is 0 Å². The lowest BCUT2D eigenvalue weighted by molar-refractivity contribution is -0.274. The third-order valence-electron chi connectivity index (χ3n) is 9.25. The van der Waals surface area contributed by atoms with E-state index in [4.69, 9.17) is 9.84 Å². The molecule has 3 fully saturated rings. The highest BCUT2D eigenvalue weighted by Crippen LogP contribution is 2.45. The number of para-hydroxylation sites is 1. The number of aldehydes is 1. The van der Waals surface area contributed by atoms with Crippen LogP contribution in [0.4, 0.5) is 22.7 Å². The van der Waals surface area contributed by atoms with Crippen molar-refractivity contribution in [3.63, 3.8) is 0 Å². The van der Waals surface area contributed by atoms with Gasteiger partial charge in [0.25, 0.3) is 0 Å². The van der Waals surface area contributed by atoms with Crippen molar-refractivity contribution in [2.24, 2.45) is 17.8 Å². The average Bonchev–Trinajstić information content (AvgIpc) is 3.67. The van der Waals surface area contributed by atoms with E-state index in [1.807, 2.05) is 13.8 Å². The lowest BCUT2D eigenvalue weighted by atomic mass is 9.80. The van der Waals surface area contributed by atoms with E-state index in [9.17, 15) is 27.5 Å². The number of carbonyl (C=O) groups excluding carboxylic acids is 1. The van der Waals surface area contributed by atoms with Crippen LogP contribution in [-0.4, -0.2) is 60.8 Å². The Hall–Kier alpha value is -3.48. The summed E-state index contributed by atoms with van der Waals surface area (Å²) in [4.78, 5) is 17.9. The minimum absolute atomic E-state index is 0.0284. The number of hydrogen-bond donors (Lipinski definition) is 2. The molecule has 0 spiro atoms. The molecule has 7 nitrogen and oxygen atoms in total. The highest BCUT2D eigenvalue weighted by Gasteiger charge is 2.40. The van der Waals surface area contributed by atoms with E-state index in [1.165, 1.54) is 29.5 Å². The molecule has 2 aromatic carbocycles. The number of halogens is 4. The second-order valence-electron chi connectivity index (χ2n) is 12.3. The quantitative estimate of drug-likeness (QED) is 0.0963. The number of nitrogens with zero attached hydrogens (tertiary/aromatic N) is 2. The molecular weight excluding hydrogens is 636 g/mol. The van der Waals surface area contributed by atoms with Crippen molar-refractivity contribution in [3.05, 3.63) is 70.2 Å². The molecule has 2 N–H and O–H groups in total. The Morgan fingerprint density at radius 2 is 1.83 bits per heavy atom. The molecule has 3 unspecified atom stereocenters. The minimum Gasteiger partial charge on any atom is -0.512 e. The zero-order valence-electron chi connectivity index (χ0n) is 26.6. The van der Waals surface area contributed by atoms with E-state index in [0.29, 0.717) is 40.4 Å². The second kappa shape index (κ2) is 14.7. The van der Waals surface area contributed by atoms with Crippen LogP contribution < -0.4 is 9.64 Å². The fourth-order valence-corrected chi connectivity index (χ4v) is 7.73. The number of hydrogen-bond acceptors (Lipinski definition) is 8. The van der Waals surface area contributed by atoms with Gasteiger partial charge in [-0.25, -0.2) is 9.37 Å². The SMILES string of the molecule is CCC(C)=C(/C(COC1CCC2CN(c3nc4c(F)cc(C=O)cc4s3)CC2C1)=C(\O)C1CC1)c1ccccc1OC(F)(F)F.CO. The monoisotopic (exact) mass is 676 g/mol. The van der Waals surface area contributed by atoms with Crippen LogP contribution in [0.15, 0.2) is 53.3 Å². The van der Waals surface area contributed by atoms with Crippen molar-refractivity contribution in [2.75, 3.05) is 31.7 Å². The topological polar surface area (TPSA) is 92.1 Å². The molecule has 1 saturated heterocycles. The normalized spacial score (nSPS) is 22.2. The van der Waals surface area contributed by atoms with Crippen LogP contribution in [0.5, 0.6) is 5.75 Å². The average molecular weight is 677 g/mol. The standard InChI is InChI=1S/C34H36F4N2O4S.CH4O/c1-3-19(2)30(25-6-4-5-7-28(25)44-34(36,37)38)26(32(42)21-8-9-21)18-43-24-11-10-22-15-40(16-23(22)14-24)33-39-31-27(35)12-20(17-41)13-29(31)45-33;1-2/h4-7,12-13,17,21-24,42H,3,8-11,14-16,18H2,1-2H3;2H,1H3/b30-19?,32-26-;. The van der Waals surface area contributed by atoms with E-state index in [0.717, 1.165) is 63.0 Å². The zero-order chi connectivity index (χ0) is 33.9. The number of anilines is 1. The van der Waals surface area contributed by atoms with Crippen molar-refractivity contribution in [1.82, 2.24) is 4.98 Å². The Bertz CT molecular complexity index is 1650. The first-order valence-electron chi connectivity index (χ1n) is 15.9.